The molecule has 0 spiro atoms. The smallest absolute Gasteiger partial charge is 0.261 e. The molecular weight excluding hydrogens is 390 g/mol. The standard InChI is InChI=1S/C21H21N3O4S/c1-14-5-3-7-17-20(14)22-13-23(21(17)26)12-19(25)16-8-9-18-15(11-16)6-4-10-24(18)29(2,27)28/h3,5,7-9,11,13H,4,6,10,12H2,1-2H3. The first-order valence-corrected chi connectivity index (χ1v) is 11.2. The number of anilines is 1. The maximum absolute atomic E-state index is 12.8. The highest BCUT2D eigenvalue weighted by Crippen LogP contribution is 2.30. The number of para-hydroxylation sites is 1. The summed E-state index contributed by atoms with van der Waals surface area (Å²) in [5.41, 5.74) is 3.19. The number of rotatable bonds is 4. The van der Waals surface area contributed by atoms with Crippen molar-refractivity contribution in [2.45, 2.75) is 26.3 Å². The van der Waals surface area contributed by atoms with Crippen LogP contribution in [0.4, 0.5) is 5.69 Å². The molecule has 0 radical (unpaired) electrons. The molecule has 29 heavy (non-hydrogen) atoms. The van der Waals surface area contributed by atoms with Crippen LogP contribution in [0.2, 0.25) is 0 Å². The van der Waals surface area contributed by atoms with Gasteiger partial charge in [0.25, 0.3) is 5.56 Å². The number of sulfonamides is 1. The van der Waals surface area contributed by atoms with Crippen LogP contribution in [0.25, 0.3) is 10.9 Å². The highest BCUT2D eigenvalue weighted by atomic mass is 32.2. The van der Waals surface area contributed by atoms with Gasteiger partial charge < -0.3 is 0 Å². The zero-order chi connectivity index (χ0) is 20.8. The fraction of sp³-hybridized carbons (Fsp3) is 0.286. The zero-order valence-corrected chi connectivity index (χ0v) is 17.1. The van der Waals surface area contributed by atoms with E-state index in [1.807, 2.05) is 13.0 Å². The Bertz CT molecular complexity index is 1300. The fourth-order valence-electron chi connectivity index (χ4n) is 3.78. The average molecular weight is 411 g/mol. The van der Waals surface area contributed by atoms with Crippen molar-refractivity contribution in [2.75, 3.05) is 17.1 Å². The minimum atomic E-state index is -3.36. The molecule has 7 nitrogen and oxygen atoms in total. The largest absolute Gasteiger partial charge is 0.292 e. The van der Waals surface area contributed by atoms with E-state index >= 15 is 0 Å². The molecule has 1 aromatic heterocycles. The number of aromatic nitrogens is 2. The summed E-state index contributed by atoms with van der Waals surface area (Å²) >= 11 is 0. The molecule has 0 aliphatic carbocycles. The zero-order valence-electron chi connectivity index (χ0n) is 16.3. The molecule has 1 aliphatic rings. The van der Waals surface area contributed by atoms with Crippen LogP contribution in [0.1, 0.15) is 27.9 Å². The molecule has 1 aliphatic heterocycles. The molecule has 150 valence electrons. The quantitative estimate of drug-likeness (QED) is 0.615. The van der Waals surface area contributed by atoms with Crippen LogP contribution in [-0.4, -0.2) is 36.6 Å². The molecule has 0 bridgehead atoms. The maximum atomic E-state index is 12.8. The molecule has 8 heteroatoms. The van der Waals surface area contributed by atoms with Crippen molar-refractivity contribution in [3.8, 4) is 0 Å². The van der Waals surface area contributed by atoms with E-state index in [2.05, 4.69) is 4.98 Å². The van der Waals surface area contributed by atoms with Gasteiger partial charge in [-0.25, -0.2) is 13.4 Å². The van der Waals surface area contributed by atoms with E-state index < -0.39 is 10.0 Å². The first-order valence-electron chi connectivity index (χ1n) is 9.34. The lowest BCUT2D eigenvalue weighted by Gasteiger charge is -2.29. The van der Waals surface area contributed by atoms with Gasteiger partial charge in [-0.1, -0.05) is 12.1 Å². The molecule has 0 amide bonds. The van der Waals surface area contributed by atoms with Crippen LogP contribution < -0.4 is 9.86 Å². The summed E-state index contributed by atoms with van der Waals surface area (Å²) in [5.74, 6) is -0.222. The van der Waals surface area contributed by atoms with Crippen LogP contribution in [0.3, 0.4) is 0 Å². The normalized spacial score (nSPS) is 14.1. The number of benzene rings is 2. The van der Waals surface area contributed by atoms with Gasteiger partial charge in [-0.2, -0.15) is 0 Å². The van der Waals surface area contributed by atoms with Gasteiger partial charge in [-0.3, -0.25) is 18.5 Å². The molecule has 2 aromatic carbocycles. The van der Waals surface area contributed by atoms with E-state index in [9.17, 15) is 18.0 Å². The van der Waals surface area contributed by atoms with Crippen LogP contribution in [0.5, 0.6) is 0 Å². The predicted molar refractivity (Wildman–Crippen MR) is 112 cm³/mol. The highest BCUT2D eigenvalue weighted by Gasteiger charge is 2.24. The SMILES string of the molecule is Cc1cccc2c(=O)n(CC(=O)c3ccc4c(c3)CCCN4S(C)(=O)=O)cnc12. The molecule has 2 heterocycles. The number of carbonyl (C=O) groups excluding carboxylic acids is 1. The van der Waals surface area contributed by atoms with Crippen LogP contribution in [-0.2, 0) is 23.0 Å². The molecule has 0 atom stereocenters. The molecule has 0 N–H and O–H groups in total. The van der Waals surface area contributed by atoms with Gasteiger partial charge in [0, 0.05) is 12.1 Å². The van der Waals surface area contributed by atoms with Gasteiger partial charge in [0.15, 0.2) is 5.78 Å². The van der Waals surface area contributed by atoms with Crippen LogP contribution in [0.15, 0.2) is 47.5 Å². The minimum Gasteiger partial charge on any atom is -0.292 e. The predicted octanol–water partition coefficient (Wildman–Crippen LogP) is 2.30. The molecule has 4 rings (SSSR count). The number of hydrogen-bond donors (Lipinski definition) is 0. The van der Waals surface area contributed by atoms with Crippen molar-refractivity contribution < 1.29 is 13.2 Å². The van der Waals surface area contributed by atoms with E-state index in [1.54, 1.807) is 30.3 Å². The Morgan fingerprint density at radius 3 is 2.76 bits per heavy atom. The maximum Gasteiger partial charge on any atom is 0.261 e. The van der Waals surface area contributed by atoms with Crippen molar-refractivity contribution >= 4 is 32.4 Å². The summed E-state index contributed by atoms with van der Waals surface area (Å²) in [6.45, 7) is 2.21. The third-order valence-electron chi connectivity index (χ3n) is 5.25. The Balaban J connectivity index is 1.66. The van der Waals surface area contributed by atoms with Crippen molar-refractivity contribution in [2.24, 2.45) is 0 Å². The Labute approximate surface area is 168 Å². The second-order valence-corrected chi connectivity index (χ2v) is 9.26. The molecule has 3 aromatic rings. The number of Topliss-reactive ketones (excluding diaryl/α,β-unsaturated/α-hetero) is 1. The summed E-state index contributed by atoms with van der Waals surface area (Å²) in [4.78, 5) is 29.9. The third kappa shape index (κ3) is 3.55. The Hall–Kier alpha value is -3.00. The van der Waals surface area contributed by atoms with E-state index in [-0.39, 0.29) is 17.9 Å². The summed E-state index contributed by atoms with van der Waals surface area (Å²) in [6.07, 6.45) is 3.99. The summed E-state index contributed by atoms with van der Waals surface area (Å²) in [7, 11) is -3.36. The molecular formula is C21H21N3O4S. The number of hydrogen-bond acceptors (Lipinski definition) is 5. The molecule has 0 saturated heterocycles. The first-order chi connectivity index (χ1) is 13.8. The van der Waals surface area contributed by atoms with Crippen molar-refractivity contribution in [3.05, 3.63) is 69.8 Å². The second kappa shape index (κ2) is 7.11. The number of aryl methyl sites for hydroxylation is 2. The average Bonchev–Trinajstić information content (AvgIpc) is 2.69. The lowest BCUT2D eigenvalue weighted by atomic mass is 9.99. The van der Waals surface area contributed by atoms with E-state index in [4.69, 9.17) is 0 Å². The van der Waals surface area contributed by atoms with E-state index in [0.717, 1.165) is 11.1 Å². The monoisotopic (exact) mass is 411 g/mol. The first kappa shape index (κ1) is 19.3. The van der Waals surface area contributed by atoms with Crippen molar-refractivity contribution in [1.29, 1.82) is 0 Å². The van der Waals surface area contributed by atoms with E-state index in [0.29, 0.717) is 41.5 Å². The van der Waals surface area contributed by atoms with Crippen LogP contribution >= 0.6 is 0 Å². The Morgan fingerprint density at radius 2 is 2.00 bits per heavy atom. The summed E-state index contributed by atoms with van der Waals surface area (Å²) in [5, 5.41) is 0.481. The Morgan fingerprint density at radius 1 is 1.21 bits per heavy atom. The van der Waals surface area contributed by atoms with Gasteiger partial charge in [0.1, 0.15) is 0 Å². The van der Waals surface area contributed by atoms with Crippen LogP contribution in [0, 0.1) is 6.92 Å². The van der Waals surface area contributed by atoms with Crippen molar-refractivity contribution in [3.63, 3.8) is 0 Å². The van der Waals surface area contributed by atoms with Gasteiger partial charge in [0.2, 0.25) is 10.0 Å². The number of carbonyl (C=O) groups is 1. The third-order valence-corrected chi connectivity index (χ3v) is 6.43. The summed E-state index contributed by atoms with van der Waals surface area (Å²) < 4.78 is 26.7. The summed E-state index contributed by atoms with van der Waals surface area (Å²) in [6, 6.07) is 10.4. The molecule has 0 saturated carbocycles. The number of nitrogens with zero attached hydrogens (tertiary/aromatic N) is 3. The van der Waals surface area contributed by atoms with Gasteiger partial charge >= 0.3 is 0 Å². The number of fused-ring (bicyclic) bond motifs is 2. The Kier molecular flexibility index (Phi) is 4.74. The van der Waals surface area contributed by atoms with Gasteiger partial charge in [-0.15, -0.1) is 0 Å². The topological polar surface area (TPSA) is 89.3 Å². The van der Waals surface area contributed by atoms with Crippen molar-refractivity contribution in [1.82, 2.24) is 9.55 Å². The number of ketones is 1. The fourth-order valence-corrected chi connectivity index (χ4v) is 4.77. The second-order valence-electron chi connectivity index (χ2n) is 7.35. The minimum absolute atomic E-state index is 0.121. The lowest BCUT2D eigenvalue weighted by Crippen LogP contribution is -2.34. The lowest BCUT2D eigenvalue weighted by molar-refractivity contribution is 0.0970. The molecule has 0 fully saturated rings. The van der Waals surface area contributed by atoms with E-state index in [1.165, 1.54) is 21.5 Å². The highest BCUT2D eigenvalue weighted by molar-refractivity contribution is 7.92. The van der Waals surface area contributed by atoms with Gasteiger partial charge in [0.05, 0.1) is 35.7 Å². The molecule has 0 unspecified atom stereocenters. The van der Waals surface area contributed by atoms with Gasteiger partial charge in [-0.05, 0) is 55.2 Å².